The molecule has 4 rings (SSSR count). The molecular formula is C25H20N4O3. The van der Waals surface area contributed by atoms with Crippen molar-refractivity contribution in [3.8, 4) is 17.2 Å². The van der Waals surface area contributed by atoms with E-state index in [1.165, 1.54) is 6.07 Å². The molecule has 0 amide bonds. The van der Waals surface area contributed by atoms with E-state index in [9.17, 15) is 10.2 Å². The highest BCUT2D eigenvalue weighted by Gasteiger charge is 2.12. The summed E-state index contributed by atoms with van der Waals surface area (Å²) in [6.07, 6.45) is 1.63. The van der Waals surface area contributed by atoms with Gasteiger partial charge in [0, 0.05) is 16.8 Å². The predicted molar refractivity (Wildman–Crippen MR) is 124 cm³/mol. The van der Waals surface area contributed by atoms with Crippen molar-refractivity contribution in [1.29, 1.82) is 0 Å². The third kappa shape index (κ3) is 4.79. The third-order valence-electron chi connectivity index (χ3n) is 4.56. The van der Waals surface area contributed by atoms with Crippen LogP contribution in [0.25, 0.3) is 10.8 Å². The number of benzene rings is 4. The van der Waals surface area contributed by atoms with E-state index >= 15 is 0 Å². The molecule has 4 aromatic rings. The molecule has 0 atom stereocenters. The van der Waals surface area contributed by atoms with Gasteiger partial charge < -0.3 is 14.9 Å². The van der Waals surface area contributed by atoms with Crippen molar-refractivity contribution in [2.24, 2.45) is 20.5 Å². The number of aromatic hydroxyl groups is 2. The lowest BCUT2D eigenvalue weighted by Crippen LogP contribution is -1.92. The summed E-state index contributed by atoms with van der Waals surface area (Å²) < 4.78 is 5.56. The molecule has 0 aliphatic carbocycles. The van der Waals surface area contributed by atoms with Crippen molar-refractivity contribution in [3.05, 3.63) is 91.5 Å². The lowest BCUT2D eigenvalue weighted by atomic mass is 10.1. The van der Waals surface area contributed by atoms with Crippen molar-refractivity contribution in [2.75, 3.05) is 6.61 Å². The van der Waals surface area contributed by atoms with Crippen LogP contribution >= 0.6 is 0 Å². The van der Waals surface area contributed by atoms with Crippen LogP contribution in [-0.2, 0) is 0 Å². The molecule has 0 aromatic heterocycles. The Morgan fingerprint density at radius 3 is 1.97 bits per heavy atom. The van der Waals surface area contributed by atoms with Crippen LogP contribution in [0.1, 0.15) is 0 Å². The van der Waals surface area contributed by atoms with E-state index in [4.69, 9.17) is 4.74 Å². The summed E-state index contributed by atoms with van der Waals surface area (Å²) in [7, 11) is 0. The van der Waals surface area contributed by atoms with Crippen LogP contribution < -0.4 is 4.74 Å². The number of fused-ring (bicyclic) bond motifs is 1. The van der Waals surface area contributed by atoms with Crippen LogP contribution in [-0.4, -0.2) is 16.8 Å². The van der Waals surface area contributed by atoms with Gasteiger partial charge in [-0.1, -0.05) is 30.9 Å². The maximum Gasteiger partial charge on any atom is 0.147 e. The first-order chi connectivity index (χ1) is 15.6. The van der Waals surface area contributed by atoms with E-state index in [1.807, 2.05) is 30.3 Å². The van der Waals surface area contributed by atoms with Gasteiger partial charge in [-0.25, -0.2) is 0 Å². The van der Waals surface area contributed by atoms with Crippen LogP contribution in [0.2, 0.25) is 0 Å². The number of azo groups is 2. The Morgan fingerprint density at radius 1 is 0.688 bits per heavy atom. The van der Waals surface area contributed by atoms with Gasteiger partial charge in [-0.05, 0) is 54.6 Å². The van der Waals surface area contributed by atoms with Gasteiger partial charge in [0.05, 0.1) is 17.1 Å². The van der Waals surface area contributed by atoms with Crippen LogP contribution in [0, 0.1) is 0 Å². The maximum atomic E-state index is 10.4. The predicted octanol–water partition coefficient (Wildman–Crippen LogP) is 7.65. The minimum atomic E-state index is -0.187. The van der Waals surface area contributed by atoms with E-state index in [0.717, 1.165) is 5.69 Å². The molecule has 0 radical (unpaired) electrons. The monoisotopic (exact) mass is 424 g/mol. The van der Waals surface area contributed by atoms with Gasteiger partial charge in [0.1, 0.15) is 29.5 Å². The second-order valence-corrected chi connectivity index (χ2v) is 6.82. The Kier molecular flexibility index (Phi) is 6.17. The molecule has 0 unspecified atom stereocenters. The average molecular weight is 424 g/mol. The normalized spacial score (nSPS) is 11.4. The third-order valence-corrected chi connectivity index (χ3v) is 4.56. The maximum absolute atomic E-state index is 10.4. The SMILES string of the molecule is C=CCOc1ccc2c(O)cc(O)c(N=Nc3ccc(N=Nc4ccccc4)cc3)c2c1. The molecule has 158 valence electrons. The first kappa shape index (κ1) is 20.7. The molecule has 0 aliphatic heterocycles. The summed E-state index contributed by atoms with van der Waals surface area (Å²) in [5.41, 5.74) is 2.25. The topological polar surface area (TPSA) is 99.1 Å². The Balaban J connectivity index is 1.60. The zero-order valence-corrected chi connectivity index (χ0v) is 17.1. The zero-order valence-electron chi connectivity index (χ0n) is 17.1. The van der Waals surface area contributed by atoms with Gasteiger partial charge in [-0.15, -0.1) is 5.11 Å². The Hall–Kier alpha value is -4.52. The van der Waals surface area contributed by atoms with Crippen molar-refractivity contribution in [1.82, 2.24) is 0 Å². The summed E-state index contributed by atoms with van der Waals surface area (Å²) in [5, 5.41) is 38.4. The molecule has 2 N–H and O–H groups in total. The van der Waals surface area contributed by atoms with Crippen LogP contribution in [0.15, 0.2) is 112 Å². The fourth-order valence-corrected chi connectivity index (χ4v) is 3.01. The quantitative estimate of drug-likeness (QED) is 0.235. The van der Waals surface area contributed by atoms with E-state index in [2.05, 4.69) is 27.0 Å². The van der Waals surface area contributed by atoms with Crippen molar-refractivity contribution in [2.45, 2.75) is 0 Å². The smallest absolute Gasteiger partial charge is 0.147 e. The van der Waals surface area contributed by atoms with Gasteiger partial charge in [0.25, 0.3) is 0 Å². The highest BCUT2D eigenvalue weighted by molar-refractivity contribution is 6.00. The molecule has 0 spiro atoms. The second kappa shape index (κ2) is 9.53. The molecule has 32 heavy (non-hydrogen) atoms. The summed E-state index contributed by atoms with van der Waals surface area (Å²) in [5.74, 6) is 0.319. The first-order valence-electron chi connectivity index (χ1n) is 9.85. The minimum absolute atomic E-state index is 0.0557. The summed E-state index contributed by atoms with van der Waals surface area (Å²) in [6, 6.07) is 22.9. The van der Waals surface area contributed by atoms with Gasteiger partial charge >= 0.3 is 0 Å². The molecule has 0 aliphatic rings. The summed E-state index contributed by atoms with van der Waals surface area (Å²) in [6.45, 7) is 3.96. The van der Waals surface area contributed by atoms with Crippen molar-refractivity contribution >= 4 is 33.5 Å². The number of hydrogen-bond acceptors (Lipinski definition) is 7. The molecule has 0 saturated carbocycles. The highest BCUT2D eigenvalue weighted by Crippen LogP contribution is 2.42. The number of ether oxygens (including phenoxy) is 1. The Morgan fingerprint density at radius 2 is 1.31 bits per heavy atom. The lowest BCUT2D eigenvalue weighted by molar-refractivity contribution is 0.364. The second-order valence-electron chi connectivity index (χ2n) is 6.82. The van der Waals surface area contributed by atoms with Gasteiger partial charge in [0.2, 0.25) is 0 Å². The number of nitrogens with zero attached hydrogens (tertiary/aromatic N) is 4. The number of rotatable bonds is 7. The lowest BCUT2D eigenvalue weighted by Gasteiger charge is -2.09. The molecule has 4 aromatic carbocycles. The molecule has 0 bridgehead atoms. The van der Waals surface area contributed by atoms with E-state index < -0.39 is 0 Å². The Bertz CT molecular complexity index is 1300. The van der Waals surface area contributed by atoms with E-state index in [-0.39, 0.29) is 17.2 Å². The molecular weight excluding hydrogens is 404 g/mol. The molecule has 0 heterocycles. The van der Waals surface area contributed by atoms with Gasteiger partial charge in [0.15, 0.2) is 0 Å². The molecule has 7 nitrogen and oxygen atoms in total. The molecule has 0 fully saturated rings. The van der Waals surface area contributed by atoms with Crippen molar-refractivity contribution < 1.29 is 14.9 Å². The van der Waals surface area contributed by atoms with Crippen LogP contribution in [0.4, 0.5) is 22.7 Å². The van der Waals surface area contributed by atoms with Gasteiger partial charge in [-0.2, -0.15) is 15.3 Å². The minimum Gasteiger partial charge on any atom is -0.507 e. The van der Waals surface area contributed by atoms with E-state index in [0.29, 0.717) is 34.5 Å². The van der Waals surface area contributed by atoms with Crippen LogP contribution in [0.3, 0.4) is 0 Å². The molecule has 0 saturated heterocycles. The Labute approximate surface area is 184 Å². The first-order valence-corrected chi connectivity index (χ1v) is 9.85. The standard InChI is InChI=1S/C25H20N4O3/c1-2-14-32-20-12-13-21-22(15-20)25(24(31)16-23(21)30)29-28-19-10-8-18(9-11-19)27-26-17-6-4-3-5-7-17/h2-13,15-16,30-31H,1,14H2. The summed E-state index contributed by atoms with van der Waals surface area (Å²) >= 11 is 0. The number of phenolic OH excluding ortho intramolecular Hbond substituents is 2. The van der Waals surface area contributed by atoms with Crippen LogP contribution in [0.5, 0.6) is 17.2 Å². The fraction of sp³-hybridized carbons (Fsp3) is 0.0400. The average Bonchev–Trinajstić information content (AvgIpc) is 2.82. The molecule has 7 heteroatoms. The van der Waals surface area contributed by atoms with Gasteiger partial charge in [-0.3, -0.25) is 0 Å². The number of phenols is 2. The fourth-order valence-electron chi connectivity index (χ4n) is 3.01. The summed E-state index contributed by atoms with van der Waals surface area (Å²) in [4.78, 5) is 0. The van der Waals surface area contributed by atoms with E-state index in [1.54, 1.807) is 48.5 Å². The highest BCUT2D eigenvalue weighted by atomic mass is 16.5. The largest absolute Gasteiger partial charge is 0.507 e. The van der Waals surface area contributed by atoms with Crippen molar-refractivity contribution in [3.63, 3.8) is 0 Å². The zero-order chi connectivity index (χ0) is 22.3. The number of hydrogen-bond donors (Lipinski definition) is 2.